The number of hydrogen-bond donors (Lipinski definition) is 2. The van der Waals surface area contributed by atoms with Crippen LogP contribution in [0.25, 0.3) is 0 Å². The molecule has 0 unspecified atom stereocenters. The van der Waals surface area contributed by atoms with Crippen LogP contribution in [-0.4, -0.2) is 25.8 Å². The van der Waals surface area contributed by atoms with Crippen LogP contribution in [0.3, 0.4) is 0 Å². The Bertz CT molecular complexity index is 960. The van der Waals surface area contributed by atoms with Crippen molar-refractivity contribution in [3.63, 3.8) is 0 Å². The zero-order valence-corrected chi connectivity index (χ0v) is 17.5. The van der Waals surface area contributed by atoms with Gasteiger partial charge in [-0.2, -0.15) is 0 Å². The Balaban J connectivity index is 2.65. The summed E-state index contributed by atoms with van der Waals surface area (Å²) < 4.78 is 33.9. The number of nitrogens with one attached hydrogen (secondary N) is 2. The normalized spacial score (nSPS) is 11.2. The highest BCUT2D eigenvalue weighted by molar-refractivity contribution is 14.1. The second-order valence-corrected chi connectivity index (χ2v) is 8.75. The summed E-state index contributed by atoms with van der Waals surface area (Å²) >= 11 is 8.36. The summed E-state index contributed by atoms with van der Waals surface area (Å²) in [4.78, 5) is 12.2. The van der Waals surface area contributed by atoms with E-state index in [1.54, 1.807) is 12.1 Å². The first-order chi connectivity index (χ1) is 11.7. The number of ether oxygens (including phenoxy) is 1. The molecule has 0 aliphatic carbocycles. The van der Waals surface area contributed by atoms with Crippen LogP contribution in [-0.2, 0) is 17.1 Å². The van der Waals surface area contributed by atoms with E-state index < -0.39 is 10.0 Å². The number of hydrogen-bond acceptors (Lipinski definition) is 5. The predicted octanol–water partition coefficient (Wildman–Crippen LogP) is 3.16. The first-order valence-electron chi connectivity index (χ1n) is 7.19. The Morgan fingerprint density at radius 3 is 2.56 bits per heavy atom. The van der Waals surface area contributed by atoms with Crippen molar-refractivity contribution in [3.05, 3.63) is 43.2 Å². The van der Waals surface area contributed by atoms with Gasteiger partial charge in [0.1, 0.15) is 11.5 Å². The highest BCUT2D eigenvalue weighted by Crippen LogP contribution is 2.35. The molecule has 2 N–H and O–H groups in total. The fourth-order valence-corrected chi connectivity index (χ4v) is 3.58. The highest BCUT2D eigenvalue weighted by atomic mass is 127. The molecule has 10 heteroatoms. The van der Waals surface area contributed by atoms with Gasteiger partial charge in [-0.05, 0) is 47.7 Å². The summed E-state index contributed by atoms with van der Waals surface area (Å²) in [5.74, 6) is 0.219. The van der Waals surface area contributed by atoms with E-state index in [2.05, 4.69) is 32.6 Å². The molecule has 0 aliphatic heterocycles. The Labute approximate surface area is 164 Å². The molecule has 0 fully saturated rings. The third-order valence-corrected chi connectivity index (χ3v) is 5.70. The van der Waals surface area contributed by atoms with Gasteiger partial charge >= 0.3 is 0 Å². The first-order valence-corrected chi connectivity index (χ1v) is 10.3. The molecule has 136 valence electrons. The molecule has 2 rings (SSSR count). The average Bonchev–Trinajstić information content (AvgIpc) is 2.55. The van der Waals surface area contributed by atoms with Crippen molar-refractivity contribution in [2.24, 2.45) is 7.05 Å². The standard InChI is InChI=1S/C15H17ClIN3O4S/c1-4-25(22,23)19-14-12(24-3)8-13(21)20(2)15(14)18-11-6-5-9(17)7-10(11)16/h5-8,18-19H,4H2,1-3H3. The summed E-state index contributed by atoms with van der Waals surface area (Å²) in [6.07, 6.45) is 0. The second kappa shape index (κ2) is 7.83. The average molecular weight is 498 g/mol. The second-order valence-electron chi connectivity index (χ2n) is 5.09. The zero-order chi connectivity index (χ0) is 18.8. The number of halogens is 2. The van der Waals surface area contributed by atoms with Gasteiger partial charge in [-0.15, -0.1) is 0 Å². The smallest absolute Gasteiger partial charge is 0.255 e. The van der Waals surface area contributed by atoms with Gasteiger partial charge in [0, 0.05) is 16.7 Å². The molecule has 1 aromatic carbocycles. The number of aromatic nitrogens is 1. The van der Waals surface area contributed by atoms with Gasteiger partial charge in [-0.25, -0.2) is 8.42 Å². The van der Waals surface area contributed by atoms with Crippen LogP contribution in [0.4, 0.5) is 17.2 Å². The minimum atomic E-state index is -3.59. The Morgan fingerprint density at radius 1 is 1.32 bits per heavy atom. The van der Waals surface area contributed by atoms with Crippen molar-refractivity contribution in [2.45, 2.75) is 6.92 Å². The largest absolute Gasteiger partial charge is 0.494 e. The molecule has 1 heterocycles. The number of nitrogens with zero attached hydrogens (tertiary/aromatic N) is 1. The van der Waals surface area contributed by atoms with E-state index in [4.69, 9.17) is 16.3 Å². The van der Waals surface area contributed by atoms with Crippen molar-refractivity contribution >= 4 is 61.4 Å². The third-order valence-electron chi connectivity index (χ3n) is 3.45. The van der Waals surface area contributed by atoms with Crippen LogP contribution in [0.2, 0.25) is 5.02 Å². The van der Waals surface area contributed by atoms with Gasteiger partial charge in [0.05, 0.1) is 23.6 Å². The fraction of sp³-hybridized carbons (Fsp3) is 0.267. The van der Waals surface area contributed by atoms with Crippen molar-refractivity contribution in [2.75, 3.05) is 22.9 Å². The van der Waals surface area contributed by atoms with Gasteiger partial charge in [0.2, 0.25) is 10.0 Å². The monoisotopic (exact) mass is 497 g/mol. The molecule has 7 nitrogen and oxygen atoms in total. The number of anilines is 3. The van der Waals surface area contributed by atoms with E-state index in [1.165, 1.54) is 31.7 Å². The number of rotatable bonds is 6. The molecule has 0 bridgehead atoms. The van der Waals surface area contributed by atoms with E-state index in [0.717, 1.165) is 3.57 Å². The lowest BCUT2D eigenvalue weighted by Gasteiger charge is -2.20. The SMILES string of the molecule is CCS(=O)(=O)Nc1c(OC)cc(=O)n(C)c1Nc1ccc(I)cc1Cl. The number of pyridine rings is 1. The minimum Gasteiger partial charge on any atom is -0.494 e. The molecule has 0 amide bonds. The molecule has 1 aromatic heterocycles. The predicted molar refractivity (Wildman–Crippen MR) is 109 cm³/mol. The minimum absolute atomic E-state index is 0.115. The maximum absolute atomic E-state index is 12.2. The molecular formula is C15H17ClIN3O4S. The summed E-state index contributed by atoms with van der Waals surface area (Å²) in [6.45, 7) is 1.51. The Morgan fingerprint density at radius 2 is 2.00 bits per heavy atom. The van der Waals surface area contributed by atoms with Crippen LogP contribution in [0.5, 0.6) is 5.75 Å². The zero-order valence-electron chi connectivity index (χ0n) is 13.8. The highest BCUT2D eigenvalue weighted by Gasteiger charge is 2.20. The van der Waals surface area contributed by atoms with Crippen LogP contribution >= 0.6 is 34.2 Å². The molecule has 0 radical (unpaired) electrons. The summed E-state index contributed by atoms with van der Waals surface area (Å²) in [6, 6.07) is 6.54. The Kier molecular flexibility index (Phi) is 6.22. The molecule has 2 aromatic rings. The molecule has 0 atom stereocenters. The lowest BCUT2D eigenvalue weighted by Crippen LogP contribution is -2.23. The lowest BCUT2D eigenvalue weighted by molar-refractivity contribution is 0.415. The van der Waals surface area contributed by atoms with E-state index >= 15 is 0 Å². The van der Waals surface area contributed by atoms with E-state index in [1.807, 2.05) is 6.07 Å². The van der Waals surface area contributed by atoms with Crippen LogP contribution in [0, 0.1) is 3.57 Å². The van der Waals surface area contributed by atoms with Crippen molar-refractivity contribution < 1.29 is 13.2 Å². The summed E-state index contributed by atoms with van der Waals surface area (Å²) in [7, 11) is -0.702. The molecule has 0 spiro atoms. The number of methoxy groups -OCH3 is 1. The first kappa shape index (κ1) is 19.9. The fourth-order valence-electron chi connectivity index (χ4n) is 2.03. The van der Waals surface area contributed by atoms with Gasteiger partial charge in [-0.3, -0.25) is 14.1 Å². The van der Waals surface area contributed by atoms with Crippen molar-refractivity contribution in [1.82, 2.24) is 4.57 Å². The molecule has 25 heavy (non-hydrogen) atoms. The van der Waals surface area contributed by atoms with Crippen molar-refractivity contribution in [3.8, 4) is 5.75 Å². The quantitative estimate of drug-likeness (QED) is 0.599. The van der Waals surface area contributed by atoms with E-state index in [-0.39, 0.29) is 28.6 Å². The van der Waals surface area contributed by atoms with Gasteiger partial charge < -0.3 is 10.1 Å². The summed E-state index contributed by atoms with van der Waals surface area (Å²) in [5, 5.41) is 3.46. The van der Waals surface area contributed by atoms with Crippen LogP contribution in [0.1, 0.15) is 6.92 Å². The molecular weight excluding hydrogens is 481 g/mol. The number of benzene rings is 1. The third kappa shape index (κ3) is 4.59. The maximum Gasteiger partial charge on any atom is 0.255 e. The number of sulfonamides is 1. The molecule has 0 aliphatic rings. The van der Waals surface area contributed by atoms with Gasteiger partial charge in [0.15, 0.2) is 5.75 Å². The van der Waals surface area contributed by atoms with E-state index in [9.17, 15) is 13.2 Å². The van der Waals surface area contributed by atoms with Gasteiger partial charge in [0.25, 0.3) is 5.56 Å². The summed E-state index contributed by atoms with van der Waals surface area (Å²) in [5.41, 5.74) is 0.309. The maximum atomic E-state index is 12.2. The van der Waals surface area contributed by atoms with Crippen LogP contribution < -0.4 is 20.3 Å². The van der Waals surface area contributed by atoms with E-state index in [0.29, 0.717) is 10.7 Å². The van der Waals surface area contributed by atoms with Crippen LogP contribution in [0.15, 0.2) is 29.1 Å². The lowest BCUT2D eigenvalue weighted by atomic mass is 10.3. The topological polar surface area (TPSA) is 89.4 Å². The molecule has 0 saturated heterocycles. The van der Waals surface area contributed by atoms with Crippen molar-refractivity contribution in [1.29, 1.82) is 0 Å². The van der Waals surface area contributed by atoms with Gasteiger partial charge in [-0.1, -0.05) is 11.6 Å². The molecule has 0 saturated carbocycles. The Hall–Kier alpha value is -1.46.